The maximum atomic E-state index is 10.7. The van der Waals surface area contributed by atoms with Crippen molar-refractivity contribution in [3.05, 3.63) is 28.2 Å². The summed E-state index contributed by atoms with van der Waals surface area (Å²) in [6.45, 7) is 0. The Morgan fingerprint density at radius 2 is 2.07 bits per heavy atom. The number of para-hydroxylation sites is 1. The predicted molar refractivity (Wildman–Crippen MR) is 54.3 cm³/mol. The van der Waals surface area contributed by atoms with E-state index in [0.717, 1.165) is 0 Å². The number of carboxylic acids is 1. The fourth-order valence-corrected chi connectivity index (χ4v) is 1.42. The number of urea groups is 1. The van der Waals surface area contributed by atoms with E-state index < -0.39 is 12.0 Å². The van der Waals surface area contributed by atoms with Gasteiger partial charge in [-0.2, -0.15) is 0 Å². The molecule has 2 amide bonds. The normalized spacial score (nSPS) is 9.50. The number of carbonyl (C=O) groups excluding carboxylic acids is 1. The molecule has 0 unspecified atom stereocenters. The molecule has 0 bridgehead atoms. The molecule has 0 atom stereocenters. The topological polar surface area (TPSA) is 92.4 Å². The molecule has 1 rings (SSSR count). The molecular weight excluding hydrogens is 252 g/mol. The molecule has 1 aromatic rings. The quantitative estimate of drug-likeness (QED) is 0.753. The van der Waals surface area contributed by atoms with Crippen LogP contribution in [0, 0.1) is 0 Å². The van der Waals surface area contributed by atoms with Crippen LogP contribution in [0.2, 0.25) is 0 Å². The van der Waals surface area contributed by atoms with Crippen LogP contribution in [0.1, 0.15) is 10.4 Å². The summed E-state index contributed by atoms with van der Waals surface area (Å²) >= 11 is 3.11. The van der Waals surface area contributed by atoms with E-state index in [9.17, 15) is 9.59 Å². The Morgan fingerprint density at radius 3 is 2.57 bits per heavy atom. The van der Waals surface area contributed by atoms with Crippen molar-refractivity contribution in [3.63, 3.8) is 0 Å². The molecule has 0 aliphatic rings. The van der Waals surface area contributed by atoms with Crippen LogP contribution in [-0.4, -0.2) is 17.1 Å². The molecule has 0 aliphatic heterocycles. The number of hydrogen-bond acceptors (Lipinski definition) is 2. The third-order valence-corrected chi connectivity index (χ3v) is 2.15. The molecule has 0 saturated heterocycles. The molecule has 0 radical (unpaired) electrons. The highest BCUT2D eigenvalue weighted by Gasteiger charge is 2.13. The summed E-state index contributed by atoms with van der Waals surface area (Å²) in [6.07, 6.45) is 0. The summed E-state index contributed by atoms with van der Waals surface area (Å²) in [7, 11) is 0. The van der Waals surface area contributed by atoms with Crippen LogP contribution in [0.5, 0.6) is 0 Å². The molecule has 0 spiro atoms. The standard InChI is InChI=1S/C8H7BrN2O3/c9-5-3-1-2-4(7(12)13)6(5)11-8(10)14/h1-3H,(H,12,13)(H3,10,11,14). The zero-order valence-electron chi connectivity index (χ0n) is 6.95. The van der Waals surface area contributed by atoms with Crippen molar-refractivity contribution in [2.24, 2.45) is 5.73 Å². The Labute approximate surface area is 88.0 Å². The first-order valence-electron chi connectivity index (χ1n) is 3.60. The van der Waals surface area contributed by atoms with Crippen LogP contribution in [0.25, 0.3) is 0 Å². The second-order valence-corrected chi connectivity index (χ2v) is 3.31. The second kappa shape index (κ2) is 4.10. The summed E-state index contributed by atoms with van der Waals surface area (Å²) in [4.78, 5) is 21.3. The lowest BCUT2D eigenvalue weighted by atomic mass is 10.2. The van der Waals surface area contributed by atoms with Crippen molar-refractivity contribution in [2.75, 3.05) is 5.32 Å². The van der Waals surface area contributed by atoms with Gasteiger partial charge in [0.15, 0.2) is 0 Å². The number of anilines is 1. The summed E-state index contributed by atoms with van der Waals surface area (Å²) in [5.74, 6) is -1.13. The number of aromatic carboxylic acids is 1. The van der Waals surface area contributed by atoms with E-state index in [0.29, 0.717) is 4.47 Å². The van der Waals surface area contributed by atoms with Gasteiger partial charge in [0.05, 0.1) is 11.3 Å². The highest BCUT2D eigenvalue weighted by molar-refractivity contribution is 9.10. The van der Waals surface area contributed by atoms with E-state index in [1.165, 1.54) is 6.07 Å². The first-order chi connectivity index (χ1) is 6.52. The number of rotatable bonds is 2. The molecule has 5 nitrogen and oxygen atoms in total. The number of primary amides is 1. The maximum absolute atomic E-state index is 10.7. The molecule has 14 heavy (non-hydrogen) atoms. The Bertz CT molecular complexity index is 392. The first kappa shape index (κ1) is 10.5. The number of halogens is 1. The Balaban J connectivity index is 3.22. The molecule has 0 fully saturated rings. The summed E-state index contributed by atoms with van der Waals surface area (Å²) in [5, 5.41) is 11.0. The lowest BCUT2D eigenvalue weighted by Gasteiger charge is -2.07. The van der Waals surface area contributed by atoms with Crippen LogP contribution >= 0.6 is 15.9 Å². The third-order valence-electron chi connectivity index (χ3n) is 1.49. The van der Waals surface area contributed by atoms with Gasteiger partial charge in [0, 0.05) is 4.47 Å². The van der Waals surface area contributed by atoms with E-state index in [4.69, 9.17) is 10.8 Å². The summed E-state index contributed by atoms with van der Waals surface area (Å²) < 4.78 is 0.469. The van der Waals surface area contributed by atoms with E-state index >= 15 is 0 Å². The molecule has 0 aliphatic carbocycles. The van der Waals surface area contributed by atoms with Crippen molar-refractivity contribution < 1.29 is 14.7 Å². The Kier molecular flexibility index (Phi) is 3.08. The van der Waals surface area contributed by atoms with Crippen molar-refractivity contribution in [3.8, 4) is 0 Å². The number of carboxylic acid groups (broad SMARTS) is 1. The van der Waals surface area contributed by atoms with Crippen LogP contribution in [0.4, 0.5) is 10.5 Å². The van der Waals surface area contributed by atoms with Crippen molar-refractivity contribution in [1.82, 2.24) is 0 Å². The number of nitrogens with one attached hydrogen (secondary N) is 1. The zero-order valence-corrected chi connectivity index (χ0v) is 8.54. The zero-order chi connectivity index (χ0) is 10.7. The molecular formula is C8H7BrN2O3. The van der Waals surface area contributed by atoms with Gasteiger partial charge in [-0.3, -0.25) is 0 Å². The van der Waals surface area contributed by atoms with Crippen LogP contribution in [-0.2, 0) is 0 Å². The van der Waals surface area contributed by atoms with Gasteiger partial charge in [-0.25, -0.2) is 9.59 Å². The lowest BCUT2D eigenvalue weighted by molar-refractivity contribution is 0.0698. The minimum atomic E-state index is -1.13. The number of amides is 2. The predicted octanol–water partition coefficient (Wildman–Crippen LogP) is 1.64. The van der Waals surface area contributed by atoms with E-state index in [1.807, 2.05) is 0 Å². The number of nitrogens with two attached hydrogens (primary N) is 1. The SMILES string of the molecule is NC(=O)Nc1c(Br)cccc1C(=O)O. The molecule has 6 heteroatoms. The van der Waals surface area contributed by atoms with E-state index in [-0.39, 0.29) is 11.3 Å². The fourth-order valence-electron chi connectivity index (χ4n) is 0.953. The molecule has 0 heterocycles. The minimum absolute atomic E-state index is 0.0156. The number of hydrogen-bond donors (Lipinski definition) is 3. The summed E-state index contributed by atoms with van der Waals surface area (Å²) in [6, 6.07) is 3.73. The molecule has 0 saturated carbocycles. The maximum Gasteiger partial charge on any atom is 0.337 e. The average Bonchev–Trinajstić information content (AvgIpc) is 2.07. The monoisotopic (exact) mass is 258 g/mol. The Hall–Kier alpha value is -1.56. The van der Waals surface area contributed by atoms with Crippen LogP contribution in [0.15, 0.2) is 22.7 Å². The average molecular weight is 259 g/mol. The molecule has 4 N–H and O–H groups in total. The van der Waals surface area contributed by atoms with Gasteiger partial charge >= 0.3 is 12.0 Å². The highest BCUT2D eigenvalue weighted by atomic mass is 79.9. The fraction of sp³-hybridized carbons (Fsp3) is 0. The molecule has 74 valence electrons. The number of carbonyl (C=O) groups is 2. The van der Waals surface area contributed by atoms with Gasteiger partial charge in [0.1, 0.15) is 0 Å². The largest absolute Gasteiger partial charge is 0.478 e. The van der Waals surface area contributed by atoms with Crippen LogP contribution in [0.3, 0.4) is 0 Å². The third kappa shape index (κ3) is 2.23. The smallest absolute Gasteiger partial charge is 0.337 e. The van der Waals surface area contributed by atoms with Crippen LogP contribution < -0.4 is 11.1 Å². The minimum Gasteiger partial charge on any atom is -0.478 e. The van der Waals surface area contributed by atoms with Gasteiger partial charge in [-0.15, -0.1) is 0 Å². The van der Waals surface area contributed by atoms with Gasteiger partial charge < -0.3 is 16.2 Å². The van der Waals surface area contributed by atoms with Crippen molar-refractivity contribution in [1.29, 1.82) is 0 Å². The second-order valence-electron chi connectivity index (χ2n) is 2.46. The molecule has 1 aromatic carbocycles. The van der Waals surface area contributed by atoms with Gasteiger partial charge in [0.2, 0.25) is 0 Å². The van der Waals surface area contributed by atoms with E-state index in [1.54, 1.807) is 12.1 Å². The number of benzene rings is 1. The lowest BCUT2D eigenvalue weighted by Crippen LogP contribution is -2.21. The Morgan fingerprint density at radius 1 is 1.43 bits per heavy atom. The van der Waals surface area contributed by atoms with Crippen molar-refractivity contribution >= 4 is 33.6 Å². The summed E-state index contributed by atoms with van der Waals surface area (Å²) in [5.41, 5.74) is 5.04. The van der Waals surface area contributed by atoms with Gasteiger partial charge in [-0.05, 0) is 28.1 Å². The van der Waals surface area contributed by atoms with Gasteiger partial charge in [-0.1, -0.05) is 6.07 Å². The van der Waals surface area contributed by atoms with E-state index in [2.05, 4.69) is 21.2 Å². The highest BCUT2D eigenvalue weighted by Crippen LogP contribution is 2.26. The van der Waals surface area contributed by atoms with Crippen molar-refractivity contribution in [2.45, 2.75) is 0 Å². The molecule has 0 aromatic heterocycles. The first-order valence-corrected chi connectivity index (χ1v) is 4.40. The van der Waals surface area contributed by atoms with Gasteiger partial charge in [0.25, 0.3) is 0 Å².